The highest BCUT2D eigenvalue weighted by atomic mass is 32.2. The Bertz CT molecular complexity index is 1090. The van der Waals surface area contributed by atoms with E-state index in [2.05, 4.69) is 6.92 Å². The molecule has 3 heterocycles. The molecule has 1 aromatic carbocycles. The van der Waals surface area contributed by atoms with Crippen LogP contribution in [-0.2, 0) is 4.79 Å². The zero-order valence-electron chi connectivity index (χ0n) is 16.8. The lowest BCUT2D eigenvalue weighted by Gasteiger charge is -2.35. The number of aryl methyl sites for hydroxylation is 1. The molecule has 1 aliphatic rings. The van der Waals surface area contributed by atoms with Gasteiger partial charge in [0.15, 0.2) is 5.16 Å². The SMILES string of the molecule is CC[C@H]1CCCCN1C(=O)CSc1nc2ccsc2c(=O)n1-c1cccc(C)c1. The molecule has 1 amide bonds. The number of fused-ring (bicyclic) bond motifs is 1. The van der Waals surface area contributed by atoms with Crippen LogP contribution in [0.15, 0.2) is 45.7 Å². The summed E-state index contributed by atoms with van der Waals surface area (Å²) < 4.78 is 2.29. The monoisotopic (exact) mass is 427 g/mol. The van der Waals surface area contributed by atoms with E-state index in [0.717, 1.165) is 37.1 Å². The van der Waals surface area contributed by atoms with Crippen LogP contribution in [0.3, 0.4) is 0 Å². The fourth-order valence-corrected chi connectivity index (χ4v) is 5.60. The zero-order chi connectivity index (χ0) is 20.4. The van der Waals surface area contributed by atoms with E-state index < -0.39 is 0 Å². The van der Waals surface area contributed by atoms with Gasteiger partial charge in [0.2, 0.25) is 5.91 Å². The van der Waals surface area contributed by atoms with Crippen molar-refractivity contribution in [1.82, 2.24) is 14.5 Å². The van der Waals surface area contributed by atoms with Crippen molar-refractivity contribution in [2.24, 2.45) is 0 Å². The second-order valence-electron chi connectivity index (χ2n) is 7.44. The Kier molecular flexibility index (Phi) is 6.06. The van der Waals surface area contributed by atoms with Crippen LogP contribution in [0.25, 0.3) is 15.9 Å². The van der Waals surface area contributed by atoms with Crippen molar-refractivity contribution in [3.63, 3.8) is 0 Å². The van der Waals surface area contributed by atoms with E-state index in [1.54, 1.807) is 4.57 Å². The maximum Gasteiger partial charge on any atom is 0.276 e. The molecule has 1 atom stereocenters. The van der Waals surface area contributed by atoms with Crippen molar-refractivity contribution >= 4 is 39.2 Å². The molecule has 0 saturated carbocycles. The number of hydrogen-bond donors (Lipinski definition) is 0. The van der Waals surface area contributed by atoms with Gasteiger partial charge in [-0.05, 0) is 61.7 Å². The minimum atomic E-state index is -0.0741. The van der Waals surface area contributed by atoms with Gasteiger partial charge < -0.3 is 4.90 Å². The summed E-state index contributed by atoms with van der Waals surface area (Å²) >= 11 is 2.77. The van der Waals surface area contributed by atoms with Gasteiger partial charge in [-0.1, -0.05) is 30.8 Å². The third kappa shape index (κ3) is 4.12. The highest BCUT2D eigenvalue weighted by molar-refractivity contribution is 7.99. The third-order valence-electron chi connectivity index (χ3n) is 5.45. The summed E-state index contributed by atoms with van der Waals surface area (Å²) in [5.41, 5.74) is 2.49. The van der Waals surface area contributed by atoms with Gasteiger partial charge in [-0.2, -0.15) is 0 Å². The molecule has 1 aliphatic heterocycles. The first-order chi connectivity index (χ1) is 14.1. The van der Waals surface area contributed by atoms with E-state index in [4.69, 9.17) is 4.98 Å². The van der Waals surface area contributed by atoms with Gasteiger partial charge in [0, 0.05) is 12.6 Å². The van der Waals surface area contributed by atoms with Crippen molar-refractivity contribution in [2.75, 3.05) is 12.3 Å². The third-order valence-corrected chi connectivity index (χ3v) is 7.27. The number of likely N-dealkylation sites (tertiary alicyclic amines) is 1. The van der Waals surface area contributed by atoms with Crippen LogP contribution >= 0.6 is 23.1 Å². The van der Waals surface area contributed by atoms with Crippen LogP contribution in [0.4, 0.5) is 0 Å². The lowest BCUT2D eigenvalue weighted by molar-refractivity contribution is -0.132. The molecule has 0 unspecified atom stereocenters. The first-order valence-electron chi connectivity index (χ1n) is 10.1. The van der Waals surface area contributed by atoms with E-state index in [9.17, 15) is 9.59 Å². The number of carbonyl (C=O) groups is 1. The van der Waals surface area contributed by atoms with E-state index >= 15 is 0 Å². The standard InChI is InChI=1S/C22H25N3O2S2/c1-3-16-8-4-5-11-24(16)19(26)14-29-22-23-18-10-12-28-20(18)21(27)25(22)17-9-6-7-15(2)13-17/h6-7,9-10,12-13,16H,3-5,8,11,14H2,1-2H3/t16-/m0/s1. The van der Waals surface area contributed by atoms with Gasteiger partial charge in [0.25, 0.3) is 5.56 Å². The highest BCUT2D eigenvalue weighted by Crippen LogP contribution is 2.26. The van der Waals surface area contributed by atoms with Crippen molar-refractivity contribution < 1.29 is 4.79 Å². The number of thiophene rings is 1. The quantitative estimate of drug-likeness (QED) is 0.440. The first kappa shape index (κ1) is 20.2. The van der Waals surface area contributed by atoms with E-state index in [0.29, 0.717) is 27.2 Å². The molecule has 0 aliphatic carbocycles. The average Bonchev–Trinajstić information content (AvgIpc) is 3.21. The van der Waals surface area contributed by atoms with Crippen LogP contribution < -0.4 is 5.56 Å². The van der Waals surface area contributed by atoms with Crippen LogP contribution in [0.1, 0.15) is 38.2 Å². The van der Waals surface area contributed by atoms with Crippen molar-refractivity contribution in [3.05, 3.63) is 51.6 Å². The summed E-state index contributed by atoms with van der Waals surface area (Å²) in [6.07, 6.45) is 4.34. The predicted molar refractivity (Wildman–Crippen MR) is 120 cm³/mol. The van der Waals surface area contributed by atoms with Crippen molar-refractivity contribution in [3.8, 4) is 5.69 Å². The molecule has 152 valence electrons. The van der Waals surface area contributed by atoms with Crippen molar-refractivity contribution in [1.29, 1.82) is 0 Å². The number of amides is 1. The Balaban J connectivity index is 1.67. The molecule has 3 aromatic rings. The van der Waals surface area contributed by atoms with Crippen LogP contribution in [0.5, 0.6) is 0 Å². The zero-order valence-corrected chi connectivity index (χ0v) is 18.4. The molecule has 0 radical (unpaired) electrons. The first-order valence-corrected chi connectivity index (χ1v) is 11.9. The van der Waals surface area contributed by atoms with Gasteiger partial charge >= 0.3 is 0 Å². The van der Waals surface area contributed by atoms with Crippen LogP contribution in [-0.4, -0.2) is 38.7 Å². The summed E-state index contributed by atoms with van der Waals surface area (Å²) in [7, 11) is 0. The Hall–Kier alpha value is -2.12. The number of rotatable bonds is 5. The summed E-state index contributed by atoms with van der Waals surface area (Å²) in [6, 6.07) is 10.0. The average molecular weight is 428 g/mol. The normalized spacial score (nSPS) is 17.0. The molecule has 0 bridgehead atoms. The second-order valence-corrected chi connectivity index (χ2v) is 9.30. The number of benzene rings is 1. The molecule has 2 aromatic heterocycles. The molecule has 7 heteroatoms. The van der Waals surface area contributed by atoms with Gasteiger partial charge in [0.1, 0.15) is 4.70 Å². The Morgan fingerprint density at radius 1 is 1.31 bits per heavy atom. The molecule has 29 heavy (non-hydrogen) atoms. The van der Waals surface area contributed by atoms with E-state index in [1.165, 1.54) is 29.5 Å². The molecule has 0 spiro atoms. The molecule has 5 nitrogen and oxygen atoms in total. The van der Waals surface area contributed by atoms with Crippen LogP contribution in [0, 0.1) is 6.92 Å². The van der Waals surface area contributed by atoms with E-state index in [-0.39, 0.29) is 11.5 Å². The Labute approximate surface area is 178 Å². The second kappa shape index (κ2) is 8.71. The van der Waals surface area contributed by atoms with Gasteiger partial charge in [0.05, 0.1) is 17.0 Å². The summed E-state index contributed by atoms with van der Waals surface area (Å²) in [6.45, 7) is 4.98. The molecule has 1 fully saturated rings. The molecular weight excluding hydrogens is 402 g/mol. The lowest BCUT2D eigenvalue weighted by atomic mass is 10.0. The molecule has 1 saturated heterocycles. The van der Waals surface area contributed by atoms with Gasteiger partial charge in [-0.15, -0.1) is 11.3 Å². The molecule has 0 N–H and O–H groups in total. The van der Waals surface area contributed by atoms with Gasteiger partial charge in [-0.25, -0.2) is 4.98 Å². The molecular formula is C22H25N3O2S2. The summed E-state index contributed by atoms with van der Waals surface area (Å²) in [5, 5.41) is 2.46. The lowest BCUT2D eigenvalue weighted by Crippen LogP contribution is -2.44. The Morgan fingerprint density at radius 2 is 2.17 bits per heavy atom. The number of nitrogens with zero attached hydrogens (tertiary/aromatic N) is 3. The maximum absolute atomic E-state index is 13.2. The fourth-order valence-electron chi connectivity index (χ4n) is 3.95. The maximum atomic E-state index is 13.2. The minimum Gasteiger partial charge on any atom is -0.339 e. The fraction of sp³-hybridized carbons (Fsp3) is 0.409. The predicted octanol–water partition coefficient (Wildman–Crippen LogP) is 4.64. The summed E-state index contributed by atoms with van der Waals surface area (Å²) in [5.74, 6) is 0.432. The van der Waals surface area contributed by atoms with Crippen molar-refractivity contribution in [2.45, 2.75) is 50.7 Å². The Morgan fingerprint density at radius 3 is 2.97 bits per heavy atom. The van der Waals surface area contributed by atoms with E-state index in [1.807, 2.05) is 47.5 Å². The minimum absolute atomic E-state index is 0.0741. The highest BCUT2D eigenvalue weighted by Gasteiger charge is 2.26. The number of thioether (sulfide) groups is 1. The number of aromatic nitrogens is 2. The van der Waals surface area contributed by atoms with Gasteiger partial charge in [-0.3, -0.25) is 14.2 Å². The summed E-state index contributed by atoms with van der Waals surface area (Å²) in [4.78, 5) is 32.9. The molecule has 4 rings (SSSR count). The number of piperidine rings is 1. The largest absolute Gasteiger partial charge is 0.339 e. The number of hydrogen-bond acceptors (Lipinski definition) is 5. The smallest absolute Gasteiger partial charge is 0.276 e. The van der Waals surface area contributed by atoms with Crippen LogP contribution in [0.2, 0.25) is 0 Å². The number of carbonyl (C=O) groups excluding carboxylic acids is 1. The topological polar surface area (TPSA) is 55.2 Å².